The molecule has 1 aromatic rings. The van der Waals surface area contributed by atoms with Gasteiger partial charge in [-0.2, -0.15) is 0 Å². The normalized spacial score (nSPS) is 19.1. The quantitative estimate of drug-likeness (QED) is 0.834. The summed E-state index contributed by atoms with van der Waals surface area (Å²) in [6, 6.07) is 5.26. The van der Waals surface area contributed by atoms with E-state index in [4.69, 9.17) is 17.3 Å². The van der Waals surface area contributed by atoms with E-state index in [2.05, 4.69) is 4.90 Å². The number of amides is 1. The standard InChI is InChI=1S/C13H18ClN3O/c1-16(2)13(18)11-4-3-7-17(11)12-8-9(14)5-6-10(12)15/h5-6,8,11H,3-4,7,15H2,1-2H3. The number of nitrogen functional groups attached to an aromatic ring is 1. The lowest BCUT2D eigenvalue weighted by Gasteiger charge is -2.29. The van der Waals surface area contributed by atoms with E-state index in [0.29, 0.717) is 10.7 Å². The van der Waals surface area contributed by atoms with Gasteiger partial charge >= 0.3 is 0 Å². The Morgan fingerprint density at radius 3 is 2.89 bits per heavy atom. The summed E-state index contributed by atoms with van der Waals surface area (Å²) in [5.74, 6) is 0.117. The Kier molecular flexibility index (Phi) is 3.66. The van der Waals surface area contributed by atoms with Gasteiger partial charge in [0, 0.05) is 25.7 Å². The van der Waals surface area contributed by atoms with Crippen LogP contribution in [-0.4, -0.2) is 37.5 Å². The average molecular weight is 268 g/mol. The molecule has 0 saturated carbocycles. The third kappa shape index (κ3) is 2.38. The number of rotatable bonds is 2. The van der Waals surface area contributed by atoms with Gasteiger partial charge in [-0.15, -0.1) is 0 Å². The molecule has 18 heavy (non-hydrogen) atoms. The van der Waals surface area contributed by atoms with E-state index in [1.54, 1.807) is 31.1 Å². The van der Waals surface area contributed by atoms with Gasteiger partial charge in [-0.1, -0.05) is 11.6 Å². The monoisotopic (exact) mass is 267 g/mol. The lowest BCUT2D eigenvalue weighted by molar-refractivity contribution is -0.129. The molecule has 1 amide bonds. The second-order valence-electron chi connectivity index (χ2n) is 4.79. The molecule has 1 heterocycles. The van der Waals surface area contributed by atoms with E-state index in [1.807, 2.05) is 6.07 Å². The van der Waals surface area contributed by atoms with Crippen molar-refractivity contribution in [1.82, 2.24) is 4.90 Å². The molecular weight excluding hydrogens is 250 g/mol. The summed E-state index contributed by atoms with van der Waals surface area (Å²) in [7, 11) is 3.56. The smallest absolute Gasteiger partial charge is 0.244 e. The van der Waals surface area contributed by atoms with Crippen LogP contribution in [0.1, 0.15) is 12.8 Å². The van der Waals surface area contributed by atoms with E-state index < -0.39 is 0 Å². The molecule has 0 spiro atoms. The van der Waals surface area contributed by atoms with Crippen LogP contribution < -0.4 is 10.6 Å². The summed E-state index contributed by atoms with van der Waals surface area (Å²) in [4.78, 5) is 15.8. The Labute approximate surface area is 112 Å². The number of halogens is 1. The molecule has 98 valence electrons. The van der Waals surface area contributed by atoms with Crippen molar-refractivity contribution < 1.29 is 4.79 Å². The third-order valence-corrected chi connectivity index (χ3v) is 3.52. The van der Waals surface area contributed by atoms with Gasteiger partial charge in [-0.25, -0.2) is 0 Å². The minimum absolute atomic E-state index is 0.117. The van der Waals surface area contributed by atoms with Crippen LogP contribution in [0, 0.1) is 0 Å². The van der Waals surface area contributed by atoms with Crippen molar-refractivity contribution in [2.45, 2.75) is 18.9 Å². The first-order valence-electron chi connectivity index (χ1n) is 6.03. The molecule has 0 aromatic heterocycles. The number of nitrogens with zero attached hydrogens (tertiary/aromatic N) is 2. The van der Waals surface area contributed by atoms with Gasteiger partial charge in [0.2, 0.25) is 5.91 Å². The van der Waals surface area contributed by atoms with Crippen LogP contribution in [0.2, 0.25) is 5.02 Å². The van der Waals surface area contributed by atoms with Crippen molar-refractivity contribution in [3.8, 4) is 0 Å². The van der Waals surface area contributed by atoms with Gasteiger partial charge in [-0.05, 0) is 31.0 Å². The Morgan fingerprint density at radius 1 is 1.50 bits per heavy atom. The Morgan fingerprint density at radius 2 is 2.22 bits per heavy atom. The molecule has 0 bridgehead atoms. The number of carbonyl (C=O) groups excluding carboxylic acids is 1. The highest BCUT2D eigenvalue weighted by Crippen LogP contribution is 2.33. The molecule has 1 aromatic carbocycles. The number of likely N-dealkylation sites (N-methyl/N-ethyl adjacent to an activating group) is 1. The van der Waals surface area contributed by atoms with Crippen molar-refractivity contribution in [1.29, 1.82) is 0 Å². The van der Waals surface area contributed by atoms with Crippen LogP contribution >= 0.6 is 11.6 Å². The van der Waals surface area contributed by atoms with Gasteiger partial charge in [-0.3, -0.25) is 4.79 Å². The maximum absolute atomic E-state index is 12.1. The summed E-state index contributed by atoms with van der Waals surface area (Å²) in [5.41, 5.74) is 7.51. The molecule has 1 aliphatic rings. The van der Waals surface area contributed by atoms with Crippen molar-refractivity contribution in [2.75, 3.05) is 31.3 Å². The van der Waals surface area contributed by atoms with E-state index in [1.165, 1.54) is 0 Å². The third-order valence-electron chi connectivity index (χ3n) is 3.28. The highest BCUT2D eigenvalue weighted by molar-refractivity contribution is 6.31. The number of nitrogens with two attached hydrogens (primary N) is 1. The highest BCUT2D eigenvalue weighted by atomic mass is 35.5. The van der Waals surface area contributed by atoms with Gasteiger partial charge < -0.3 is 15.5 Å². The maximum Gasteiger partial charge on any atom is 0.244 e. The zero-order valence-corrected chi connectivity index (χ0v) is 11.4. The van der Waals surface area contributed by atoms with E-state index in [-0.39, 0.29) is 11.9 Å². The van der Waals surface area contributed by atoms with E-state index in [9.17, 15) is 4.79 Å². The van der Waals surface area contributed by atoms with E-state index >= 15 is 0 Å². The molecule has 1 aliphatic heterocycles. The lowest BCUT2D eigenvalue weighted by atomic mass is 10.1. The number of hydrogen-bond acceptors (Lipinski definition) is 3. The molecule has 5 heteroatoms. The minimum Gasteiger partial charge on any atom is -0.397 e. The molecule has 2 rings (SSSR count). The molecule has 2 N–H and O–H groups in total. The van der Waals surface area contributed by atoms with E-state index in [0.717, 1.165) is 25.1 Å². The molecule has 1 unspecified atom stereocenters. The van der Waals surface area contributed by atoms with Crippen LogP contribution in [0.3, 0.4) is 0 Å². The Hall–Kier alpha value is -1.42. The van der Waals surface area contributed by atoms with Gasteiger partial charge in [0.1, 0.15) is 6.04 Å². The van der Waals surface area contributed by atoms with Crippen molar-refractivity contribution >= 4 is 28.9 Å². The van der Waals surface area contributed by atoms with Crippen LogP contribution in [0.15, 0.2) is 18.2 Å². The van der Waals surface area contributed by atoms with Crippen molar-refractivity contribution in [2.24, 2.45) is 0 Å². The zero-order chi connectivity index (χ0) is 13.3. The molecule has 1 atom stereocenters. The molecule has 0 radical (unpaired) electrons. The summed E-state index contributed by atoms with van der Waals surface area (Å²) >= 11 is 6.01. The van der Waals surface area contributed by atoms with Crippen LogP contribution in [0.5, 0.6) is 0 Å². The topological polar surface area (TPSA) is 49.6 Å². The van der Waals surface area contributed by atoms with Gasteiger partial charge in [0.25, 0.3) is 0 Å². The second kappa shape index (κ2) is 5.06. The fourth-order valence-electron chi connectivity index (χ4n) is 2.38. The van der Waals surface area contributed by atoms with Gasteiger partial charge in [0.05, 0.1) is 11.4 Å². The average Bonchev–Trinajstić information content (AvgIpc) is 2.80. The molecular formula is C13H18ClN3O. The predicted molar refractivity (Wildman–Crippen MR) is 74.9 cm³/mol. The molecule has 1 fully saturated rings. The fraction of sp³-hybridized carbons (Fsp3) is 0.462. The Balaban J connectivity index is 2.31. The number of benzene rings is 1. The maximum atomic E-state index is 12.1. The zero-order valence-electron chi connectivity index (χ0n) is 10.7. The summed E-state index contributed by atoms with van der Waals surface area (Å²) in [5, 5.41) is 0.641. The molecule has 4 nitrogen and oxygen atoms in total. The van der Waals surface area contributed by atoms with Gasteiger partial charge in [0.15, 0.2) is 0 Å². The highest BCUT2D eigenvalue weighted by Gasteiger charge is 2.32. The largest absolute Gasteiger partial charge is 0.397 e. The molecule has 1 saturated heterocycles. The number of carbonyl (C=O) groups is 1. The lowest BCUT2D eigenvalue weighted by Crippen LogP contribution is -2.43. The second-order valence-corrected chi connectivity index (χ2v) is 5.22. The SMILES string of the molecule is CN(C)C(=O)C1CCCN1c1cc(Cl)ccc1N. The fourth-order valence-corrected chi connectivity index (χ4v) is 2.54. The summed E-state index contributed by atoms with van der Waals surface area (Å²) < 4.78 is 0. The first-order valence-corrected chi connectivity index (χ1v) is 6.41. The Bertz CT molecular complexity index is 462. The van der Waals surface area contributed by atoms with Crippen molar-refractivity contribution in [3.05, 3.63) is 23.2 Å². The van der Waals surface area contributed by atoms with Crippen LogP contribution in [0.4, 0.5) is 11.4 Å². The predicted octanol–water partition coefficient (Wildman–Crippen LogP) is 1.98. The van der Waals surface area contributed by atoms with Crippen molar-refractivity contribution in [3.63, 3.8) is 0 Å². The minimum atomic E-state index is -0.124. The summed E-state index contributed by atoms with van der Waals surface area (Å²) in [6.45, 7) is 0.842. The van der Waals surface area contributed by atoms with Crippen LogP contribution in [-0.2, 0) is 4.79 Å². The first kappa shape index (κ1) is 13.0. The van der Waals surface area contributed by atoms with Crippen LogP contribution in [0.25, 0.3) is 0 Å². The summed E-state index contributed by atoms with van der Waals surface area (Å²) in [6.07, 6.45) is 1.86. The first-order chi connectivity index (χ1) is 8.50. The number of hydrogen-bond donors (Lipinski definition) is 1. The molecule has 0 aliphatic carbocycles. The number of anilines is 2.